The molecule has 0 spiro atoms. The minimum Gasteiger partial charge on any atom is -0.381 e. The van der Waals surface area contributed by atoms with Crippen LogP contribution in [-0.4, -0.2) is 0 Å². The Labute approximate surface area is 130 Å². The van der Waals surface area contributed by atoms with Gasteiger partial charge < -0.3 is 5.32 Å². The first-order valence-corrected chi connectivity index (χ1v) is 6.81. The van der Waals surface area contributed by atoms with Crippen LogP contribution in [0.4, 0.5) is 10.1 Å². The molecule has 1 nitrogen and oxygen atoms in total. The molecular weight excluding hydrogens is 331 g/mol. The van der Waals surface area contributed by atoms with Crippen molar-refractivity contribution in [3.05, 3.63) is 61.8 Å². The fourth-order valence-electron chi connectivity index (χ4n) is 1.58. The monoisotopic (exact) mass is 337 g/mol. The second-order valence-electron chi connectivity index (χ2n) is 3.83. The van der Waals surface area contributed by atoms with E-state index in [0.717, 1.165) is 0 Å². The molecule has 6 heteroatoms. The Hall–Kier alpha value is -0.670. The SMILES string of the molecule is Fc1cc(Cl)cc(NCc2c(Cl)ccc(Cl)c2Cl)c1. The molecule has 0 radical (unpaired) electrons. The Morgan fingerprint density at radius 1 is 0.947 bits per heavy atom. The minimum atomic E-state index is -0.418. The molecule has 0 aliphatic carbocycles. The lowest BCUT2D eigenvalue weighted by Gasteiger charge is -2.11. The zero-order chi connectivity index (χ0) is 14.0. The Morgan fingerprint density at radius 3 is 2.32 bits per heavy atom. The number of benzene rings is 2. The van der Waals surface area contributed by atoms with E-state index < -0.39 is 5.82 Å². The van der Waals surface area contributed by atoms with E-state index in [9.17, 15) is 4.39 Å². The first-order valence-electron chi connectivity index (χ1n) is 5.29. The van der Waals surface area contributed by atoms with Crippen LogP contribution >= 0.6 is 46.4 Å². The maximum Gasteiger partial charge on any atom is 0.126 e. The standard InChI is InChI=1S/C13H8Cl4FN/c14-7-3-8(18)5-9(4-7)19-6-10-11(15)1-2-12(16)13(10)17/h1-5,19H,6H2. The van der Waals surface area contributed by atoms with Crippen LogP contribution in [0.5, 0.6) is 0 Å². The lowest BCUT2D eigenvalue weighted by molar-refractivity contribution is 0.628. The predicted molar refractivity (Wildman–Crippen MR) is 80.2 cm³/mol. The number of nitrogens with one attached hydrogen (secondary N) is 1. The van der Waals surface area contributed by atoms with Crippen molar-refractivity contribution in [3.8, 4) is 0 Å². The molecule has 100 valence electrons. The third-order valence-electron chi connectivity index (χ3n) is 2.47. The second-order valence-corrected chi connectivity index (χ2v) is 5.46. The van der Waals surface area contributed by atoms with Crippen LogP contribution in [-0.2, 0) is 6.54 Å². The van der Waals surface area contributed by atoms with E-state index in [-0.39, 0.29) is 0 Å². The van der Waals surface area contributed by atoms with Gasteiger partial charge in [-0.2, -0.15) is 0 Å². The van der Waals surface area contributed by atoms with Crippen LogP contribution in [0.1, 0.15) is 5.56 Å². The molecule has 0 aromatic heterocycles. The van der Waals surface area contributed by atoms with Crippen LogP contribution in [0, 0.1) is 5.82 Å². The van der Waals surface area contributed by atoms with E-state index in [0.29, 0.717) is 37.9 Å². The normalized spacial score (nSPS) is 10.6. The summed E-state index contributed by atoms with van der Waals surface area (Å²) in [5.74, 6) is -0.418. The lowest BCUT2D eigenvalue weighted by Crippen LogP contribution is -2.01. The van der Waals surface area contributed by atoms with Crippen molar-refractivity contribution in [2.75, 3.05) is 5.32 Å². The zero-order valence-corrected chi connectivity index (χ0v) is 12.5. The number of hydrogen-bond donors (Lipinski definition) is 1. The van der Waals surface area contributed by atoms with Crippen LogP contribution in [0.3, 0.4) is 0 Å². The highest BCUT2D eigenvalue weighted by Gasteiger charge is 2.09. The van der Waals surface area contributed by atoms with E-state index in [1.54, 1.807) is 18.2 Å². The van der Waals surface area contributed by atoms with Gasteiger partial charge >= 0.3 is 0 Å². The summed E-state index contributed by atoms with van der Waals surface area (Å²) in [6.45, 7) is 0.317. The molecule has 1 N–H and O–H groups in total. The first kappa shape index (κ1) is 14.7. The van der Waals surface area contributed by atoms with Gasteiger partial charge in [0.05, 0.1) is 10.0 Å². The minimum absolute atomic E-state index is 0.311. The Balaban J connectivity index is 2.21. The number of rotatable bonds is 3. The van der Waals surface area contributed by atoms with Crippen LogP contribution in [0.2, 0.25) is 20.1 Å². The second kappa shape index (κ2) is 6.19. The van der Waals surface area contributed by atoms with E-state index in [1.165, 1.54) is 12.1 Å². The van der Waals surface area contributed by atoms with Gasteiger partial charge in [-0.1, -0.05) is 46.4 Å². The van der Waals surface area contributed by atoms with Gasteiger partial charge in [-0.05, 0) is 30.3 Å². The molecule has 2 aromatic rings. The first-order chi connectivity index (χ1) is 8.97. The quantitative estimate of drug-likeness (QED) is 0.671. The van der Waals surface area contributed by atoms with Gasteiger partial charge in [0.25, 0.3) is 0 Å². The van der Waals surface area contributed by atoms with Gasteiger partial charge in [0.15, 0.2) is 0 Å². The number of hydrogen-bond acceptors (Lipinski definition) is 1. The van der Waals surface area contributed by atoms with Gasteiger partial charge in [0, 0.05) is 27.8 Å². The van der Waals surface area contributed by atoms with Crippen LogP contribution in [0.25, 0.3) is 0 Å². The van der Waals surface area contributed by atoms with Crippen LogP contribution in [0.15, 0.2) is 30.3 Å². The van der Waals surface area contributed by atoms with E-state index in [1.807, 2.05) is 0 Å². The highest BCUT2D eigenvalue weighted by Crippen LogP contribution is 2.32. The van der Waals surface area contributed by atoms with Crippen LogP contribution < -0.4 is 5.32 Å². The molecule has 2 aromatic carbocycles. The van der Waals surface area contributed by atoms with Crippen molar-refractivity contribution in [2.24, 2.45) is 0 Å². The predicted octanol–water partition coefficient (Wildman–Crippen LogP) is 6.05. The summed E-state index contributed by atoms with van der Waals surface area (Å²) >= 11 is 23.8. The van der Waals surface area contributed by atoms with E-state index in [2.05, 4.69) is 5.32 Å². The smallest absolute Gasteiger partial charge is 0.126 e. The maximum absolute atomic E-state index is 13.2. The molecule has 19 heavy (non-hydrogen) atoms. The molecule has 0 amide bonds. The Bertz CT molecular complexity index is 596. The summed E-state index contributed by atoms with van der Waals surface area (Å²) in [6.07, 6.45) is 0. The molecule has 2 rings (SSSR count). The molecule has 0 unspecified atom stereocenters. The molecule has 0 atom stereocenters. The fraction of sp³-hybridized carbons (Fsp3) is 0.0769. The largest absolute Gasteiger partial charge is 0.381 e. The summed E-state index contributed by atoms with van der Waals surface area (Å²) < 4.78 is 13.2. The summed E-state index contributed by atoms with van der Waals surface area (Å²) in [5.41, 5.74) is 1.19. The average molecular weight is 339 g/mol. The lowest BCUT2D eigenvalue weighted by atomic mass is 10.2. The van der Waals surface area contributed by atoms with Gasteiger partial charge in [-0.3, -0.25) is 0 Å². The third-order valence-corrected chi connectivity index (χ3v) is 3.89. The Kier molecular flexibility index (Phi) is 4.80. The summed E-state index contributed by atoms with van der Waals surface area (Å²) in [4.78, 5) is 0. The molecule has 0 aliphatic rings. The molecule has 0 saturated heterocycles. The van der Waals surface area contributed by atoms with E-state index in [4.69, 9.17) is 46.4 Å². The van der Waals surface area contributed by atoms with Crippen molar-refractivity contribution in [1.29, 1.82) is 0 Å². The third kappa shape index (κ3) is 3.67. The topological polar surface area (TPSA) is 12.0 Å². The fourth-order valence-corrected chi connectivity index (χ4v) is 2.48. The maximum atomic E-state index is 13.2. The molecule has 0 bridgehead atoms. The van der Waals surface area contributed by atoms with Crippen molar-refractivity contribution in [1.82, 2.24) is 0 Å². The zero-order valence-electron chi connectivity index (χ0n) is 9.48. The molecule has 0 heterocycles. The van der Waals surface area contributed by atoms with Crippen molar-refractivity contribution in [2.45, 2.75) is 6.54 Å². The number of halogens is 5. The van der Waals surface area contributed by atoms with Crippen molar-refractivity contribution < 1.29 is 4.39 Å². The molecule has 0 aliphatic heterocycles. The summed E-state index contributed by atoms with van der Waals surface area (Å²) in [5, 5.41) is 4.60. The van der Waals surface area contributed by atoms with Gasteiger partial charge in [0.1, 0.15) is 5.82 Å². The molecule has 0 saturated carbocycles. The molecule has 0 fully saturated rings. The van der Waals surface area contributed by atoms with Crippen molar-refractivity contribution >= 4 is 52.1 Å². The number of anilines is 1. The summed E-state index contributed by atoms with van der Waals surface area (Å²) in [7, 11) is 0. The molecular formula is C13H8Cl4FN. The van der Waals surface area contributed by atoms with Gasteiger partial charge in [-0.15, -0.1) is 0 Å². The van der Waals surface area contributed by atoms with Gasteiger partial charge in [0.2, 0.25) is 0 Å². The highest BCUT2D eigenvalue weighted by molar-refractivity contribution is 6.44. The van der Waals surface area contributed by atoms with Crippen molar-refractivity contribution in [3.63, 3.8) is 0 Å². The van der Waals surface area contributed by atoms with E-state index >= 15 is 0 Å². The average Bonchev–Trinajstić information content (AvgIpc) is 2.33. The Morgan fingerprint density at radius 2 is 1.63 bits per heavy atom. The van der Waals surface area contributed by atoms with Gasteiger partial charge in [-0.25, -0.2) is 4.39 Å². The highest BCUT2D eigenvalue weighted by atomic mass is 35.5. The summed E-state index contributed by atoms with van der Waals surface area (Å²) in [6, 6.07) is 7.45.